The van der Waals surface area contributed by atoms with Crippen molar-refractivity contribution in [2.75, 3.05) is 19.6 Å². The lowest BCUT2D eigenvalue weighted by molar-refractivity contribution is -0.122. The van der Waals surface area contributed by atoms with E-state index in [0.29, 0.717) is 0 Å². The van der Waals surface area contributed by atoms with Gasteiger partial charge in [-0.3, -0.25) is 9.59 Å². The molecule has 9 heteroatoms. The third-order valence-electron chi connectivity index (χ3n) is 5.69. The molecule has 1 aromatic heterocycles. The molecule has 2 amide bonds. The Balaban J connectivity index is 1.58. The number of benzene rings is 2. The summed E-state index contributed by atoms with van der Waals surface area (Å²) < 4.78 is 27.2. The van der Waals surface area contributed by atoms with Gasteiger partial charge in [0, 0.05) is 23.5 Å². The van der Waals surface area contributed by atoms with Crippen molar-refractivity contribution < 1.29 is 18.0 Å². The summed E-state index contributed by atoms with van der Waals surface area (Å²) in [7, 11) is -3.89. The van der Waals surface area contributed by atoms with Crippen molar-refractivity contribution in [2.45, 2.75) is 30.7 Å². The number of nitrogens with zero attached hydrogens (tertiary/aromatic N) is 1. The first kappa shape index (κ1) is 24.1. The van der Waals surface area contributed by atoms with Gasteiger partial charge >= 0.3 is 0 Å². The fraction of sp³-hybridized carbons (Fsp3) is 0.280. The summed E-state index contributed by atoms with van der Waals surface area (Å²) in [5.74, 6) is -0.711. The Bertz CT molecular complexity index is 1260. The van der Waals surface area contributed by atoms with Gasteiger partial charge in [0.05, 0.1) is 17.5 Å². The van der Waals surface area contributed by atoms with Crippen molar-refractivity contribution in [3.05, 3.63) is 87.6 Å². The van der Waals surface area contributed by atoms with Gasteiger partial charge in [-0.05, 0) is 47.2 Å². The minimum absolute atomic E-state index is 0.00792. The number of hydrogen-bond donors (Lipinski definition) is 2. The Morgan fingerprint density at radius 1 is 1.15 bits per heavy atom. The van der Waals surface area contributed by atoms with Gasteiger partial charge < -0.3 is 10.6 Å². The summed E-state index contributed by atoms with van der Waals surface area (Å²) in [5.41, 5.74) is 2.44. The van der Waals surface area contributed by atoms with Crippen molar-refractivity contribution in [3.8, 4) is 0 Å². The van der Waals surface area contributed by atoms with E-state index in [-0.39, 0.29) is 47.9 Å². The standard InChI is InChI=1S/C25H27N3O4S2/c1-2-5-18-9-11-19(12-10-18)24(22-8-4-15-33-22)27-25(30)20-6-3-7-21(16-20)34(31,32)28-14-13-26-23(29)17-28/h3-4,6-12,15-16,24H,2,5,13-14,17H2,1H3,(H,26,29)(H,27,30). The van der Waals surface area contributed by atoms with E-state index in [9.17, 15) is 18.0 Å². The molecule has 34 heavy (non-hydrogen) atoms. The average Bonchev–Trinajstić information content (AvgIpc) is 3.38. The maximum Gasteiger partial charge on any atom is 0.252 e. The van der Waals surface area contributed by atoms with E-state index < -0.39 is 10.0 Å². The predicted octanol–water partition coefficient (Wildman–Crippen LogP) is 3.34. The van der Waals surface area contributed by atoms with Crippen LogP contribution in [-0.4, -0.2) is 44.2 Å². The molecule has 2 aromatic carbocycles. The van der Waals surface area contributed by atoms with Gasteiger partial charge in [-0.2, -0.15) is 4.31 Å². The van der Waals surface area contributed by atoms with Crippen LogP contribution in [0.3, 0.4) is 0 Å². The lowest BCUT2D eigenvalue weighted by Gasteiger charge is -2.26. The highest BCUT2D eigenvalue weighted by molar-refractivity contribution is 7.89. The highest BCUT2D eigenvalue weighted by Crippen LogP contribution is 2.27. The average molecular weight is 498 g/mol. The topological polar surface area (TPSA) is 95.6 Å². The van der Waals surface area contributed by atoms with E-state index >= 15 is 0 Å². The van der Waals surface area contributed by atoms with Gasteiger partial charge in [0.2, 0.25) is 15.9 Å². The van der Waals surface area contributed by atoms with Gasteiger partial charge in [-0.15, -0.1) is 11.3 Å². The molecular formula is C25H27N3O4S2. The molecule has 0 bridgehead atoms. The number of thiophene rings is 1. The normalized spacial score (nSPS) is 15.5. The Morgan fingerprint density at radius 2 is 1.94 bits per heavy atom. The third-order valence-corrected chi connectivity index (χ3v) is 8.47. The van der Waals surface area contributed by atoms with Crippen LogP contribution in [0.1, 0.15) is 45.7 Å². The van der Waals surface area contributed by atoms with Crippen molar-refractivity contribution >= 4 is 33.2 Å². The Kier molecular flexibility index (Phi) is 7.45. The van der Waals surface area contributed by atoms with Crippen LogP contribution in [-0.2, 0) is 21.2 Å². The molecule has 1 saturated heterocycles. The van der Waals surface area contributed by atoms with Gasteiger partial charge in [0.15, 0.2) is 0 Å². The molecule has 0 radical (unpaired) electrons. The second-order valence-electron chi connectivity index (χ2n) is 8.13. The minimum Gasteiger partial charge on any atom is -0.354 e. The second-order valence-corrected chi connectivity index (χ2v) is 11.0. The van der Waals surface area contributed by atoms with Gasteiger partial charge in [-0.25, -0.2) is 8.42 Å². The SMILES string of the molecule is CCCc1ccc(C(NC(=O)c2cccc(S(=O)(=O)N3CCNC(=O)C3)c2)c2cccs2)cc1. The Morgan fingerprint density at radius 3 is 2.62 bits per heavy atom. The van der Waals surface area contributed by atoms with Gasteiger partial charge in [0.1, 0.15) is 0 Å². The van der Waals surface area contributed by atoms with E-state index in [1.54, 1.807) is 23.5 Å². The minimum atomic E-state index is -3.89. The van der Waals surface area contributed by atoms with Crippen molar-refractivity contribution in [1.82, 2.24) is 14.9 Å². The largest absolute Gasteiger partial charge is 0.354 e. The molecular weight excluding hydrogens is 470 g/mol. The number of aryl methyl sites for hydroxylation is 1. The van der Waals surface area contributed by atoms with Crippen LogP contribution in [0.4, 0.5) is 0 Å². The van der Waals surface area contributed by atoms with Crippen LogP contribution in [0, 0.1) is 0 Å². The van der Waals surface area contributed by atoms with Crippen molar-refractivity contribution in [2.24, 2.45) is 0 Å². The molecule has 1 aliphatic rings. The molecule has 2 N–H and O–H groups in total. The van der Waals surface area contributed by atoms with Crippen LogP contribution in [0.25, 0.3) is 0 Å². The number of hydrogen-bond acceptors (Lipinski definition) is 5. The molecule has 3 aromatic rings. The molecule has 1 fully saturated rings. The monoisotopic (exact) mass is 497 g/mol. The Hall–Kier alpha value is -3.01. The smallest absolute Gasteiger partial charge is 0.252 e. The van der Waals surface area contributed by atoms with E-state index in [0.717, 1.165) is 27.6 Å². The van der Waals surface area contributed by atoms with Gasteiger partial charge in [0.25, 0.3) is 5.91 Å². The first-order chi connectivity index (χ1) is 16.4. The molecule has 7 nitrogen and oxygen atoms in total. The lowest BCUT2D eigenvalue weighted by Crippen LogP contribution is -2.49. The number of carbonyl (C=O) groups excluding carboxylic acids is 2. The van der Waals surface area contributed by atoms with Crippen LogP contribution in [0.15, 0.2) is 70.9 Å². The van der Waals surface area contributed by atoms with Crippen molar-refractivity contribution in [1.29, 1.82) is 0 Å². The molecule has 0 spiro atoms. The molecule has 1 aliphatic heterocycles. The zero-order valence-electron chi connectivity index (χ0n) is 18.9. The molecule has 2 heterocycles. The second kappa shape index (κ2) is 10.5. The fourth-order valence-electron chi connectivity index (χ4n) is 3.92. The number of rotatable bonds is 8. The summed E-state index contributed by atoms with van der Waals surface area (Å²) >= 11 is 1.55. The number of amides is 2. The highest BCUT2D eigenvalue weighted by Gasteiger charge is 2.30. The van der Waals surface area contributed by atoms with E-state index in [1.807, 2.05) is 29.6 Å². The first-order valence-electron chi connectivity index (χ1n) is 11.2. The number of nitrogens with one attached hydrogen (secondary N) is 2. The summed E-state index contributed by atoms with van der Waals surface area (Å²) in [6.07, 6.45) is 2.06. The zero-order chi connectivity index (χ0) is 24.1. The lowest BCUT2D eigenvalue weighted by atomic mass is 10.0. The predicted molar refractivity (Wildman–Crippen MR) is 132 cm³/mol. The third kappa shape index (κ3) is 5.38. The zero-order valence-corrected chi connectivity index (χ0v) is 20.5. The highest BCUT2D eigenvalue weighted by atomic mass is 32.2. The molecule has 178 valence electrons. The molecule has 4 rings (SSSR count). The number of piperazine rings is 1. The van der Waals surface area contributed by atoms with Crippen LogP contribution in [0.5, 0.6) is 0 Å². The molecule has 0 saturated carbocycles. The van der Waals surface area contributed by atoms with Crippen LogP contribution >= 0.6 is 11.3 Å². The quantitative estimate of drug-likeness (QED) is 0.499. The fourth-order valence-corrected chi connectivity index (χ4v) is 6.17. The van der Waals surface area contributed by atoms with Gasteiger partial charge in [-0.1, -0.05) is 49.7 Å². The number of sulfonamides is 1. The molecule has 1 unspecified atom stereocenters. The molecule has 1 atom stereocenters. The van der Waals surface area contributed by atoms with E-state index in [1.165, 1.54) is 17.7 Å². The summed E-state index contributed by atoms with van der Waals surface area (Å²) in [4.78, 5) is 25.9. The summed E-state index contributed by atoms with van der Waals surface area (Å²) in [5, 5.41) is 7.65. The summed E-state index contributed by atoms with van der Waals surface area (Å²) in [6.45, 7) is 2.36. The molecule has 0 aliphatic carbocycles. The van der Waals surface area contributed by atoms with Crippen molar-refractivity contribution in [3.63, 3.8) is 0 Å². The van der Waals surface area contributed by atoms with Crippen LogP contribution < -0.4 is 10.6 Å². The van der Waals surface area contributed by atoms with Crippen LogP contribution in [0.2, 0.25) is 0 Å². The Labute approximate surface area is 203 Å². The van der Waals surface area contributed by atoms with E-state index in [4.69, 9.17) is 0 Å². The van der Waals surface area contributed by atoms with E-state index in [2.05, 4.69) is 29.7 Å². The maximum atomic E-state index is 13.2. The first-order valence-corrected chi connectivity index (χ1v) is 13.5. The number of carbonyl (C=O) groups is 2. The summed E-state index contributed by atoms with van der Waals surface area (Å²) in [6, 6.07) is 17.7. The maximum absolute atomic E-state index is 13.2.